The first kappa shape index (κ1) is 20.0. The van der Waals surface area contributed by atoms with E-state index in [4.69, 9.17) is 4.74 Å². The van der Waals surface area contributed by atoms with Crippen LogP contribution in [0.4, 0.5) is 8.78 Å². The molecule has 0 N–H and O–H groups in total. The van der Waals surface area contributed by atoms with Crippen LogP contribution in [0.1, 0.15) is 80.6 Å². The lowest BCUT2D eigenvalue weighted by Gasteiger charge is -2.34. The van der Waals surface area contributed by atoms with E-state index in [1.807, 2.05) is 0 Å². The second kappa shape index (κ2) is 8.49. The van der Waals surface area contributed by atoms with Crippen LogP contribution in [0.15, 0.2) is 6.07 Å². The second-order valence-electron chi connectivity index (χ2n) is 7.94. The Morgan fingerprint density at radius 3 is 2.63 bits per heavy atom. The molecule has 0 amide bonds. The molecule has 0 saturated heterocycles. The van der Waals surface area contributed by atoms with Gasteiger partial charge in [0.25, 0.3) is 0 Å². The zero-order valence-corrected chi connectivity index (χ0v) is 16.0. The van der Waals surface area contributed by atoms with Gasteiger partial charge >= 0.3 is 0 Å². The van der Waals surface area contributed by atoms with Crippen LogP contribution in [0.5, 0.6) is 5.75 Å². The normalized spacial score (nSPS) is 22.3. The largest absolute Gasteiger partial charge is 0.490 e. The van der Waals surface area contributed by atoms with Crippen LogP contribution in [0, 0.1) is 23.0 Å². The zero-order valence-electron chi connectivity index (χ0n) is 16.0. The summed E-state index contributed by atoms with van der Waals surface area (Å²) >= 11 is 0. The van der Waals surface area contributed by atoms with Gasteiger partial charge in [0.1, 0.15) is 6.29 Å². The smallest absolute Gasteiger partial charge is 0.201 e. The van der Waals surface area contributed by atoms with Crippen molar-refractivity contribution in [3.05, 3.63) is 28.8 Å². The SMILES string of the molecule is CCCCC1(C2CCCC2)Cc2cc(OCCCC=O)c(F)c(F)c2C1=O. The summed E-state index contributed by atoms with van der Waals surface area (Å²) in [7, 11) is 0. The average Bonchev–Trinajstić information content (AvgIpc) is 3.29. The minimum atomic E-state index is -1.09. The van der Waals surface area contributed by atoms with Gasteiger partial charge in [0.2, 0.25) is 5.82 Å². The Bertz CT molecular complexity index is 710. The van der Waals surface area contributed by atoms with Crippen molar-refractivity contribution in [3.8, 4) is 5.75 Å². The molecule has 1 atom stereocenters. The van der Waals surface area contributed by atoms with Gasteiger partial charge in [-0.2, -0.15) is 4.39 Å². The molecule has 1 aromatic carbocycles. The Morgan fingerprint density at radius 1 is 1.22 bits per heavy atom. The standard InChI is InChI=1S/C22H28F2O3/c1-2-3-10-22(16-8-4-5-9-16)14-15-13-17(27-12-7-6-11-25)19(23)20(24)18(15)21(22)26/h11,13,16H,2-10,12,14H2,1H3. The Hall–Kier alpha value is -1.78. The molecule has 3 rings (SSSR count). The van der Waals surface area contributed by atoms with Crippen molar-refractivity contribution in [3.63, 3.8) is 0 Å². The van der Waals surface area contributed by atoms with Gasteiger partial charge in [0.15, 0.2) is 17.3 Å². The number of ether oxygens (including phenoxy) is 1. The van der Waals surface area contributed by atoms with Crippen LogP contribution in [0.3, 0.4) is 0 Å². The number of halogens is 2. The Balaban J connectivity index is 1.92. The fraction of sp³-hybridized carbons (Fsp3) is 0.636. The van der Waals surface area contributed by atoms with E-state index in [1.165, 1.54) is 6.07 Å². The highest BCUT2D eigenvalue weighted by molar-refractivity contribution is 6.05. The van der Waals surface area contributed by atoms with Crippen molar-refractivity contribution in [2.45, 2.75) is 71.1 Å². The molecule has 3 nitrogen and oxygen atoms in total. The number of fused-ring (bicyclic) bond motifs is 1. The zero-order chi connectivity index (χ0) is 19.4. The third-order valence-electron chi connectivity index (χ3n) is 6.28. The second-order valence-corrected chi connectivity index (χ2v) is 7.94. The number of rotatable bonds is 9. The molecule has 2 aliphatic carbocycles. The first-order valence-corrected chi connectivity index (χ1v) is 10.2. The summed E-state index contributed by atoms with van der Waals surface area (Å²) in [4.78, 5) is 23.7. The Morgan fingerprint density at radius 2 is 1.96 bits per heavy atom. The number of hydrogen-bond acceptors (Lipinski definition) is 3. The van der Waals surface area contributed by atoms with Crippen LogP contribution in [0.25, 0.3) is 0 Å². The van der Waals surface area contributed by atoms with E-state index in [0.29, 0.717) is 24.8 Å². The van der Waals surface area contributed by atoms with E-state index < -0.39 is 17.0 Å². The van der Waals surface area contributed by atoms with E-state index in [2.05, 4.69) is 6.92 Å². The highest BCUT2D eigenvalue weighted by Crippen LogP contribution is 2.53. The number of aldehydes is 1. The average molecular weight is 378 g/mol. The molecule has 27 heavy (non-hydrogen) atoms. The number of unbranched alkanes of at least 4 members (excludes halogenated alkanes) is 2. The van der Waals surface area contributed by atoms with E-state index in [0.717, 1.165) is 51.2 Å². The van der Waals surface area contributed by atoms with Crippen molar-refractivity contribution >= 4 is 12.1 Å². The van der Waals surface area contributed by atoms with E-state index in [-0.39, 0.29) is 29.6 Å². The van der Waals surface area contributed by atoms with Crippen molar-refractivity contribution < 1.29 is 23.1 Å². The highest BCUT2D eigenvalue weighted by Gasteiger charge is 2.52. The molecule has 0 aliphatic heterocycles. The molecule has 0 radical (unpaired) electrons. The minimum absolute atomic E-state index is 0.0595. The van der Waals surface area contributed by atoms with Gasteiger partial charge in [-0.05, 0) is 49.7 Å². The Labute approximate surface area is 159 Å². The first-order valence-electron chi connectivity index (χ1n) is 10.2. The highest BCUT2D eigenvalue weighted by atomic mass is 19.2. The first-order chi connectivity index (χ1) is 13.0. The molecule has 1 unspecified atom stereocenters. The topological polar surface area (TPSA) is 43.4 Å². The van der Waals surface area contributed by atoms with Gasteiger partial charge in [-0.3, -0.25) is 4.79 Å². The van der Waals surface area contributed by atoms with Gasteiger partial charge < -0.3 is 9.53 Å². The van der Waals surface area contributed by atoms with Crippen LogP contribution >= 0.6 is 0 Å². The van der Waals surface area contributed by atoms with E-state index >= 15 is 0 Å². The molecular weight excluding hydrogens is 350 g/mol. The number of Topliss-reactive ketones (excluding diaryl/α,β-unsaturated/α-hetero) is 1. The molecule has 148 valence electrons. The maximum atomic E-state index is 14.8. The van der Waals surface area contributed by atoms with Crippen LogP contribution < -0.4 is 4.74 Å². The van der Waals surface area contributed by atoms with Gasteiger partial charge in [0.05, 0.1) is 12.2 Å². The number of carbonyl (C=O) groups excluding carboxylic acids is 2. The molecule has 1 aromatic rings. The molecule has 1 fully saturated rings. The number of ketones is 1. The summed E-state index contributed by atoms with van der Waals surface area (Å²) in [6.45, 7) is 2.23. The van der Waals surface area contributed by atoms with Crippen molar-refractivity contribution in [2.24, 2.45) is 11.3 Å². The number of carbonyl (C=O) groups is 2. The molecule has 0 bridgehead atoms. The maximum absolute atomic E-state index is 14.8. The van der Waals surface area contributed by atoms with Gasteiger partial charge in [-0.15, -0.1) is 0 Å². The van der Waals surface area contributed by atoms with Crippen molar-refractivity contribution in [1.82, 2.24) is 0 Å². The van der Waals surface area contributed by atoms with Crippen molar-refractivity contribution in [1.29, 1.82) is 0 Å². The fourth-order valence-corrected chi connectivity index (χ4v) is 4.87. The molecule has 2 aliphatic rings. The molecular formula is C22H28F2O3. The lowest BCUT2D eigenvalue weighted by atomic mass is 9.68. The van der Waals surface area contributed by atoms with Crippen LogP contribution in [0.2, 0.25) is 0 Å². The van der Waals surface area contributed by atoms with Crippen LogP contribution in [-0.4, -0.2) is 18.7 Å². The maximum Gasteiger partial charge on any atom is 0.201 e. The summed E-state index contributed by atoms with van der Waals surface area (Å²) < 4.78 is 34.7. The molecule has 0 heterocycles. The lowest BCUT2D eigenvalue weighted by Crippen LogP contribution is -2.35. The summed E-state index contributed by atoms with van der Waals surface area (Å²) in [5, 5.41) is 0. The number of hydrogen-bond donors (Lipinski definition) is 0. The molecule has 1 saturated carbocycles. The summed E-state index contributed by atoms with van der Waals surface area (Å²) in [5.74, 6) is -2.27. The third-order valence-corrected chi connectivity index (χ3v) is 6.28. The Kier molecular flexibility index (Phi) is 6.28. The predicted molar refractivity (Wildman–Crippen MR) is 99.1 cm³/mol. The van der Waals surface area contributed by atoms with Crippen molar-refractivity contribution in [2.75, 3.05) is 6.61 Å². The third kappa shape index (κ3) is 3.65. The fourth-order valence-electron chi connectivity index (χ4n) is 4.87. The van der Waals surface area contributed by atoms with E-state index in [1.54, 1.807) is 0 Å². The quantitative estimate of drug-likeness (QED) is 0.425. The monoisotopic (exact) mass is 378 g/mol. The summed E-state index contributed by atoms with van der Waals surface area (Å²) in [6, 6.07) is 1.51. The summed E-state index contributed by atoms with van der Waals surface area (Å²) in [6.07, 6.45) is 8.81. The molecule has 5 heteroatoms. The number of benzene rings is 1. The van der Waals surface area contributed by atoms with Gasteiger partial charge in [0, 0.05) is 11.8 Å². The van der Waals surface area contributed by atoms with Gasteiger partial charge in [-0.1, -0.05) is 32.6 Å². The van der Waals surface area contributed by atoms with E-state index in [9.17, 15) is 18.4 Å². The summed E-state index contributed by atoms with van der Waals surface area (Å²) in [5.41, 5.74) is -0.0684. The minimum Gasteiger partial charge on any atom is -0.490 e. The van der Waals surface area contributed by atoms with Gasteiger partial charge in [-0.25, -0.2) is 4.39 Å². The lowest BCUT2D eigenvalue weighted by molar-refractivity contribution is -0.108. The molecule has 0 spiro atoms. The molecule has 0 aromatic heterocycles. The van der Waals surface area contributed by atoms with Crippen LogP contribution in [-0.2, 0) is 11.2 Å². The predicted octanol–water partition coefficient (Wildman–Crippen LogP) is 5.43.